The van der Waals surface area contributed by atoms with Crippen LogP contribution in [-0.4, -0.2) is 36.7 Å². The van der Waals surface area contributed by atoms with Gasteiger partial charge in [0.1, 0.15) is 23.5 Å². The topological polar surface area (TPSA) is 98.7 Å². The van der Waals surface area contributed by atoms with Crippen molar-refractivity contribution in [1.82, 2.24) is 24.9 Å². The van der Waals surface area contributed by atoms with Crippen molar-refractivity contribution < 1.29 is 18.1 Å². The van der Waals surface area contributed by atoms with Crippen LogP contribution in [0.15, 0.2) is 53.4 Å². The number of hydrogen-bond acceptors (Lipinski definition) is 7. The Morgan fingerprint density at radius 2 is 1.97 bits per heavy atom. The molecule has 1 fully saturated rings. The molecule has 186 valence electrons. The maximum Gasteiger partial charge on any atom is 0.183 e. The Hall–Kier alpha value is -3.95. The Morgan fingerprint density at radius 3 is 2.67 bits per heavy atom. The first-order valence-corrected chi connectivity index (χ1v) is 11.9. The van der Waals surface area contributed by atoms with Crippen LogP contribution < -0.4 is 5.32 Å². The average molecular weight is 493 g/mol. The predicted molar refractivity (Wildman–Crippen MR) is 129 cm³/mol. The number of benzene rings is 1. The number of aromatic nitrogens is 5. The van der Waals surface area contributed by atoms with Crippen LogP contribution in [0.2, 0.25) is 0 Å². The van der Waals surface area contributed by atoms with Crippen molar-refractivity contribution in [3.8, 4) is 22.9 Å². The summed E-state index contributed by atoms with van der Waals surface area (Å²) in [4.78, 5) is 21.3. The van der Waals surface area contributed by atoms with Gasteiger partial charge in [0.05, 0.1) is 24.5 Å². The maximum atomic E-state index is 14.7. The fourth-order valence-electron chi connectivity index (χ4n) is 4.08. The SMILES string of the molecule is CC(C)C(Nc1nc(-c2cc(-c3ccon3)n(Cc3ccccc3F)n2)ncc1F)C(=O)CC1CC1. The average Bonchev–Trinajstić information content (AvgIpc) is 3.32. The summed E-state index contributed by atoms with van der Waals surface area (Å²) in [6, 6.07) is 9.20. The van der Waals surface area contributed by atoms with Crippen LogP contribution in [0.25, 0.3) is 22.9 Å². The molecule has 8 nitrogen and oxygen atoms in total. The number of carbonyl (C=O) groups is 1. The summed E-state index contributed by atoms with van der Waals surface area (Å²) >= 11 is 0. The lowest BCUT2D eigenvalue weighted by molar-refractivity contribution is -0.120. The highest BCUT2D eigenvalue weighted by atomic mass is 19.1. The molecule has 1 saturated carbocycles. The van der Waals surface area contributed by atoms with Crippen molar-refractivity contribution in [3.05, 3.63) is 66.1 Å². The number of ketones is 1. The largest absolute Gasteiger partial charge is 0.364 e. The zero-order valence-electron chi connectivity index (χ0n) is 20.0. The second kappa shape index (κ2) is 9.96. The molecule has 0 spiro atoms. The van der Waals surface area contributed by atoms with Crippen molar-refractivity contribution in [1.29, 1.82) is 0 Å². The van der Waals surface area contributed by atoms with Crippen LogP contribution in [-0.2, 0) is 11.3 Å². The standard InChI is InChI=1S/C26H26F2N6O2/c1-15(2)24(23(35)11-16-7-8-16)30-25-19(28)13-29-26(31-25)21-12-22(20-9-10-36-33-20)34(32-21)14-17-5-3-4-6-18(17)27/h3-6,9-10,12-13,15-16,24H,7-8,11,14H2,1-2H3,(H,29,30,31). The van der Waals surface area contributed by atoms with E-state index in [1.807, 2.05) is 13.8 Å². The summed E-state index contributed by atoms with van der Waals surface area (Å²) in [5.74, 6) is -0.489. The molecule has 1 aliphatic rings. The molecule has 0 aliphatic heterocycles. The maximum absolute atomic E-state index is 14.7. The van der Waals surface area contributed by atoms with E-state index < -0.39 is 11.9 Å². The molecule has 5 rings (SSSR count). The molecular weight excluding hydrogens is 466 g/mol. The molecule has 3 aromatic heterocycles. The number of nitrogens with one attached hydrogen (secondary N) is 1. The molecule has 1 N–H and O–H groups in total. The number of hydrogen-bond donors (Lipinski definition) is 1. The zero-order chi connectivity index (χ0) is 25.2. The first kappa shape index (κ1) is 23.8. The van der Waals surface area contributed by atoms with E-state index in [1.165, 1.54) is 12.3 Å². The van der Waals surface area contributed by atoms with Gasteiger partial charge in [0.2, 0.25) is 0 Å². The van der Waals surface area contributed by atoms with Gasteiger partial charge in [-0.2, -0.15) is 5.10 Å². The van der Waals surface area contributed by atoms with Crippen molar-refractivity contribution in [3.63, 3.8) is 0 Å². The highest BCUT2D eigenvalue weighted by molar-refractivity contribution is 5.87. The third kappa shape index (κ3) is 5.17. The highest BCUT2D eigenvalue weighted by Gasteiger charge is 2.31. The fourth-order valence-corrected chi connectivity index (χ4v) is 4.08. The molecule has 0 radical (unpaired) electrons. The number of halogens is 2. The lowest BCUT2D eigenvalue weighted by atomic mass is 9.96. The second-order valence-corrected chi connectivity index (χ2v) is 9.42. The normalized spacial score (nSPS) is 14.2. The molecule has 10 heteroatoms. The first-order valence-electron chi connectivity index (χ1n) is 11.9. The number of nitrogens with zero attached hydrogens (tertiary/aromatic N) is 5. The molecule has 4 aromatic rings. The summed E-state index contributed by atoms with van der Waals surface area (Å²) in [6.07, 6.45) is 5.09. The monoisotopic (exact) mass is 492 g/mol. The quantitative estimate of drug-likeness (QED) is 0.328. The van der Waals surface area contributed by atoms with E-state index in [4.69, 9.17) is 4.52 Å². The minimum absolute atomic E-state index is 0.0483. The molecule has 36 heavy (non-hydrogen) atoms. The molecule has 0 saturated heterocycles. The van der Waals surface area contributed by atoms with Gasteiger partial charge in [-0.3, -0.25) is 9.48 Å². The highest BCUT2D eigenvalue weighted by Crippen LogP contribution is 2.34. The van der Waals surface area contributed by atoms with Crippen LogP contribution in [0.1, 0.15) is 38.7 Å². The Kier molecular flexibility index (Phi) is 6.58. The first-order chi connectivity index (χ1) is 17.4. The summed E-state index contributed by atoms with van der Waals surface area (Å²) in [7, 11) is 0. The van der Waals surface area contributed by atoms with E-state index in [2.05, 4.69) is 25.5 Å². The molecule has 1 aromatic carbocycles. The third-order valence-electron chi connectivity index (χ3n) is 6.22. The molecule has 1 unspecified atom stereocenters. The minimum Gasteiger partial charge on any atom is -0.364 e. The minimum atomic E-state index is -0.661. The summed E-state index contributed by atoms with van der Waals surface area (Å²) < 4.78 is 35.6. The van der Waals surface area contributed by atoms with Crippen LogP contribution in [0.3, 0.4) is 0 Å². The Bertz CT molecular complexity index is 1360. The van der Waals surface area contributed by atoms with Gasteiger partial charge in [-0.25, -0.2) is 18.7 Å². The van der Waals surface area contributed by atoms with Crippen molar-refractivity contribution >= 4 is 11.6 Å². The van der Waals surface area contributed by atoms with Gasteiger partial charge < -0.3 is 9.84 Å². The molecule has 1 aliphatic carbocycles. The second-order valence-electron chi connectivity index (χ2n) is 9.42. The van der Waals surface area contributed by atoms with Crippen LogP contribution in [0, 0.1) is 23.5 Å². The summed E-state index contributed by atoms with van der Waals surface area (Å²) in [6.45, 7) is 3.96. The fraction of sp³-hybridized carbons (Fsp3) is 0.346. The molecule has 1 atom stereocenters. The van der Waals surface area contributed by atoms with E-state index in [0.717, 1.165) is 19.0 Å². The van der Waals surface area contributed by atoms with Gasteiger partial charge in [0.25, 0.3) is 0 Å². The zero-order valence-corrected chi connectivity index (χ0v) is 20.0. The van der Waals surface area contributed by atoms with E-state index in [-0.39, 0.29) is 35.7 Å². The van der Waals surface area contributed by atoms with Gasteiger partial charge in [-0.15, -0.1) is 0 Å². The van der Waals surface area contributed by atoms with Gasteiger partial charge in [-0.1, -0.05) is 37.2 Å². The van der Waals surface area contributed by atoms with E-state index in [0.29, 0.717) is 35.0 Å². The number of carbonyl (C=O) groups excluding carboxylic acids is 1. The number of anilines is 1. The summed E-state index contributed by atoms with van der Waals surface area (Å²) in [5.41, 5.74) is 1.84. The molecular formula is C26H26F2N6O2. The lowest BCUT2D eigenvalue weighted by Crippen LogP contribution is -2.35. The van der Waals surface area contributed by atoms with Gasteiger partial charge in [0.15, 0.2) is 23.2 Å². The smallest absolute Gasteiger partial charge is 0.183 e. The van der Waals surface area contributed by atoms with Crippen molar-refractivity contribution in [2.45, 2.75) is 45.7 Å². The molecule has 3 heterocycles. The van der Waals surface area contributed by atoms with E-state index >= 15 is 0 Å². The Balaban J connectivity index is 1.47. The van der Waals surface area contributed by atoms with Gasteiger partial charge >= 0.3 is 0 Å². The van der Waals surface area contributed by atoms with Crippen molar-refractivity contribution in [2.75, 3.05) is 5.32 Å². The van der Waals surface area contributed by atoms with E-state index in [9.17, 15) is 13.6 Å². The van der Waals surface area contributed by atoms with Gasteiger partial charge in [0, 0.05) is 18.1 Å². The number of Topliss-reactive ketones (excluding diaryl/α,β-unsaturated/α-hetero) is 1. The van der Waals surface area contributed by atoms with E-state index in [1.54, 1.807) is 35.0 Å². The van der Waals surface area contributed by atoms with Crippen LogP contribution in [0.4, 0.5) is 14.6 Å². The Labute approximate surface area is 206 Å². The molecule has 0 amide bonds. The van der Waals surface area contributed by atoms with Gasteiger partial charge in [-0.05, 0) is 36.8 Å². The van der Waals surface area contributed by atoms with Crippen LogP contribution >= 0.6 is 0 Å². The third-order valence-corrected chi connectivity index (χ3v) is 6.22. The number of rotatable bonds is 10. The Morgan fingerprint density at radius 1 is 1.17 bits per heavy atom. The molecule has 0 bridgehead atoms. The lowest BCUT2D eigenvalue weighted by Gasteiger charge is -2.22. The predicted octanol–water partition coefficient (Wildman–Crippen LogP) is 5.13. The summed E-state index contributed by atoms with van der Waals surface area (Å²) in [5, 5.41) is 11.5. The van der Waals surface area contributed by atoms with Crippen molar-refractivity contribution in [2.24, 2.45) is 11.8 Å². The van der Waals surface area contributed by atoms with Crippen LogP contribution in [0.5, 0.6) is 0 Å².